The molecule has 1 aliphatic heterocycles. The van der Waals surface area contributed by atoms with Gasteiger partial charge < -0.3 is 14.2 Å². The van der Waals surface area contributed by atoms with Crippen molar-refractivity contribution in [1.82, 2.24) is 10.1 Å². The van der Waals surface area contributed by atoms with Crippen molar-refractivity contribution in [1.29, 1.82) is 0 Å². The van der Waals surface area contributed by atoms with E-state index in [1.807, 2.05) is 13.0 Å². The van der Waals surface area contributed by atoms with E-state index in [1.54, 1.807) is 0 Å². The molecule has 1 aromatic heterocycles. The zero-order chi connectivity index (χ0) is 16.2. The van der Waals surface area contributed by atoms with E-state index >= 15 is 0 Å². The van der Waals surface area contributed by atoms with Crippen molar-refractivity contribution in [3.05, 3.63) is 17.5 Å². The van der Waals surface area contributed by atoms with E-state index in [-0.39, 0.29) is 12.0 Å². The molecule has 0 bridgehead atoms. The van der Waals surface area contributed by atoms with Crippen molar-refractivity contribution in [3.8, 4) is 0 Å². The number of amides is 1. The molecule has 1 saturated carbocycles. The van der Waals surface area contributed by atoms with Crippen LogP contribution in [0.3, 0.4) is 0 Å². The Morgan fingerprint density at radius 1 is 1.30 bits per heavy atom. The van der Waals surface area contributed by atoms with Crippen LogP contribution in [0.4, 0.5) is 0 Å². The first-order valence-electron chi connectivity index (χ1n) is 8.95. The summed E-state index contributed by atoms with van der Waals surface area (Å²) in [6.07, 6.45) is 7.35. The second-order valence-electron chi connectivity index (χ2n) is 7.20. The van der Waals surface area contributed by atoms with E-state index in [9.17, 15) is 4.79 Å². The Labute approximate surface area is 138 Å². The lowest BCUT2D eigenvalue weighted by Crippen LogP contribution is -2.46. The van der Waals surface area contributed by atoms with Gasteiger partial charge in [0.2, 0.25) is 5.91 Å². The third-order valence-electron chi connectivity index (χ3n) is 5.18. The van der Waals surface area contributed by atoms with E-state index < -0.39 is 0 Å². The second kappa shape index (κ2) is 7.47. The SMILES string of the molecule is Cc1cc(CC(=O)N(C[C@@H]2CCCO2)C2CCC(C)CC2)no1. The van der Waals surface area contributed by atoms with Crippen molar-refractivity contribution in [3.63, 3.8) is 0 Å². The monoisotopic (exact) mass is 320 g/mol. The van der Waals surface area contributed by atoms with Crippen molar-refractivity contribution in [2.45, 2.75) is 70.9 Å². The van der Waals surface area contributed by atoms with Gasteiger partial charge in [0, 0.05) is 25.3 Å². The van der Waals surface area contributed by atoms with Gasteiger partial charge in [0.15, 0.2) is 0 Å². The number of aromatic nitrogens is 1. The summed E-state index contributed by atoms with van der Waals surface area (Å²) in [6.45, 7) is 5.72. The summed E-state index contributed by atoms with van der Waals surface area (Å²) in [7, 11) is 0. The van der Waals surface area contributed by atoms with Crippen molar-refractivity contribution in [2.24, 2.45) is 5.92 Å². The van der Waals surface area contributed by atoms with Gasteiger partial charge in [-0.15, -0.1) is 0 Å². The fourth-order valence-electron chi connectivity index (χ4n) is 3.77. The van der Waals surface area contributed by atoms with Gasteiger partial charge in [-0.2, -0.15) is 0 Å². The number of carbonyl (C=O) groups is 1. The molecular weight excluding hydrogens is 292 g/mol. The van der Waals surface area contributed by atoms with Gasteiger partial charge in [-0.3, -0.25) is 4.79 Å². The summed E-state index contributed by atoms with van der Waals surface area (Å²) in [6, 6.07) is 2.21. The third kappa shape index (κ3) is 4.34. The van der Waals surface area contributed by atoms with Crippen LogP contribution in [-0.2, 0) is 16.0 Å². The van der Waals surface area contributed by atoms with Gasteiger partial charge >= 0.3 is 0 Å². The average molecular weight is 320 g/mol. The molecule has 2 fully saturated rings. The van der Waals surface area contributed by atoms with Crippen LogP contribution in [-0.4, -0.2) is 41.3 Å². The molecule has 0 spiro atoms. The number of ether oxygens (including phenoxy) is 1. The largest absolute Gasteiger partial charge is 0.376 e. The zero-order valence-electron chi connectivity index (χ0n) is 14.3. The lowest BCUT2D eigenvalue weighted by atomic mass is 9.86. The van der Waals surface area contributed by atoms with Crippen LogP contribution in [0.15, 0.2) is 10.6 Å². The highest BCUT2D eigenvalue weighted by molar-refractivity contribution is 5.78. The number of nitrogens with zero attached hydrogens (tertiary/aromatic N) is 2. The molecule has 1 amide bonds. The second-order valence-corrected chi connectivity index (χ2v) is 7.20. The Bertz CT molecular complexity index is 514. The van der Waals surface area contributed by atoms with Crippen LogP contribution >= 0.6 is 0 Å². The molecule has 1 aromatic rings. The number of hydrogen-bond acceptors (Lipinski definition) is 4. The topological polar surface area (TPSA) is 55.6 Å². The van der Waals surface area contributed by atoms with Gasteiger partial charge in [-0.25, -0.2) is 0 Å². The minimum atomic E-state index is 0.161. The normalized spacial score (nSPS) is 28.0. The first kappa shape index (κ1) is 16.5. The predicted molar refractivity (Wildman–Crippen MR) is 87.1 cm³/mol. The molecule has 0 radical (unpaired) electrons. The van der Waals surface area contributed by atoms with E-state index in [0.29, 0.717) is 12.5 Å². The van der Waals surface area contributed by atoms with E-state index in [0.717, 1.165) is 56.2 Å². The fourth-order valence-corrected chi connectivity index (χ4v) is 3.77. The summed E-state index contributed by atoms with van der Waals surface area (Å²) in [4.78, 5) is 15.0. The average Bonchev–Trinajstić information content (AvgIpc) is 3.17. The quantitative estimate of drug-likeness (QED) is 0.836. The summed E-state index contributed by atoms with van der Waals surface area (Å²) < 4.78 is 10.9. The smallest absolute Gasteiger partial charge is 0.229 e. The lowest BCUT2D eigenvalue weighted by Gasteiger charge is -2.37. The van der Waals surface area contributed by atoms with E-state index in [1.165, 1.54) is 12.8 Å². The Morgan fingerprint density at radius 3 is 2.70 bits per heavy atom. The van der Waals surface area contributed by atoms with Crippen LogP contribution in [0.1, 0.15) is 56.9 Å². The Balaban J connectivity index is 1.66. The van der Waals surface area contributed by atoms with Crippen LogP contribution in [0.25, 0.3) is 0 Å². The zero-order valence-corrected chi connectivity index (χ0v) is 14.3. The number of carbonyl (C=O) groups excluding carboxylic acids is 1. The van der Waals surface area contributed by atoms with Crippen LogP contribution in [0.5, 0.6) is 0 Å². The van der Waals surface area contributed by atoms with Crippen molar-refractivity contribution < 1.29 is 14.1 Å². The predicted octanol–water partition coefficient (Wildman–Crippen LogP) is 3.11. The van der Waals surface area contributed by atoms with E-state index in [4.69, 9.17) is 9.26 Å². The summed E-state index contributed by atoms with van der Waals surface area (Å²) >= 11 is 0. The molecule has 5 nitrogen and oxygen atoms in total. The highest BCUT2D eigenvalue weighted by Crippen LogP contribution is 2.28. The van der Waals surface area contributed by atoms with Gasteiger partial charge in [0.25, 0.3) is 0 Å². The highest BCUT2D eigenvalue weighted by Gasteiger charge is 2.31. The molecule has 5 heteroatoms. The summed E-state index contributed by atoms with van der Waals surface area (Å²) in [5.74, 6) is 1.70. The number of hydrogen-bond donors (Lipinski definition) is 0. The molecule has 23 heavy (non-hydrogen) atoms. The molecule has 1 atom stereocenters. The van der Waals surface area contributed by atoms with Crippen molar-refractivity contribution >= 4 is 5.91 Å². The van der Waals surface area contributed by atoms with Gasteiger partial charge in [-0.1, -0.05) is 12.1 Å². The minimum absolute atomic E-state index is 0.161. The first-order valence-corrected chi connectivity index (χ1v) is 8.95. The Kier molecular flexibility index (Phi) is 5.36. The molecule has 1 saturated heterocycles. The maximum absolute atomic E-state index is 12.9. The molecule has 2 heterocycles. The van der Waals surface area contributed by atoms with Crippen LogP contribution in [0, 0.1) is 12.8 Å². The minimum Gasteiger partial charge on any atom is -0.376 e. The van der Waals surface area contributed by atoms with E-state index in [2.05, 4.69) is 17.0 Å². The molecule has 128 valence electrons. The molecule has 2 aliphatic rings. The Morgan fingerprint density at radius 2 is 2.09 bits per heavy atom. The third-order valence-corrected chi connectivity index (χ3v) is 5.18. The van der Waals surface area contributed by atoms with Gasteiger partial charge in [-0.05, 0) is 51.4 Å². The highest BCUT2D eigenvalue weighted by atomic mass is 16.5. The maximum Gasteiger partial charge on any atom is 0.229 e. The molecule has 0 N–H and O–H groups in total. The molecule has 1 aliphatic carbocycles. The number of aryl methyl sites for hydroxylation is 1. The standard InChI is InChI=1S/C18H28N2O3/c1-13-5-7-16(8-6-13)20(12-17-4-3-9-22-17)18(21)11-15-10-14(2)23-19-15/h10,13,16-17H,3-9,11-12H2,1-2H3/t13?,16?,17-/m0/s1. The molecule has 0 unspecified atom stereocenters. The summed E-state index contributed by atoms with van der Waals surface area (Å²) in [5.41, 5.74) is 0.731. The van der Waals surface area contributed by atoms with Gasteiger partial charge in [0.1, 0.15) is 5.76 Å². The fraction of sp³-hybridized carbons (Fsp3) is 0.778. The Hall–Kier alpha value is -1.36. The van der Waals surface area contributed by atoms with Crippen molar-refractivity contribution in [2.75, 3.05) is 13.2 Å². The molecule has 3 rings (SSSR count). The molecule has 0 aromatic carbocycles. The lowest BCUT2D eigenvalue weighted by molar-refractivity contribution is -0.135. The van der Waals surface area contributed by atoms with Gasteiger partial charge in [0.05, 0.1) is 18.2 Å². The summed E-state index contributed by atoms with van der Waals surface area (Å²) in [5, 5.41) is 3.97. The maximum atomic E-state index is 12.9. The number of rotatable bonds is 5. The van der Waals surface area contributed by atoms with Crippen LogP contribution in [0.2, 0.25) is 0 Å². The first-order chi connectivity index (χ1) is 11.1. The van der Waals surface area contributed by atoms with Crippen LogP contribution < -0.4 is 0 Å². The molecular formula is C18H28N2O3.